The number of hydrogen-bond acceptors (Lipinski definition) is 2. The van der Waals surface area contributed by atoms with Gasteiger partial charge in [-0.25, -0.2) is 0 Å². The van der Waals surface area contributed by atoms with Gasteiger partial charge in [-0.15, -0.1) is 28.6 Å². The first kappa shape index (κ1) is 8.78. The maximum absolute atomic E-state index is 5.89. The maximum Gasteiger partial charge on any atom is 0.0591 e. The highest BCUT2D eigenvalue weighted by molar-refractivity contribution is 8.93. The molecule has 1 saturated carbocycles. The molecule has 0 spiro atoms. The van der Waals surface area contributed by atoms with Crippen molar-refractivity contribution in [3.8, 4) is 0 Å². The van der Waals surface area contributed by atoms with Crippen LogP contribution in [0.25, 0.3) is 0 Å². The van der Waals surface area contributed by atoms with Gasteiger partial charge < -0.3 is 10.1 Å². The SMILES string of the molecule is Br.ClC1C2COCCNC12. The van der Waals surface area contributed by atoms with Crippen LogP contribution in [0.3, 0.4) is 0 Å². The smallest absolute Gasteiger partial charge is 0.0591 e. The molecule has 1 aliphatic carbocycles. The van der Waals surface area contributed by atoms with E-state index in [4.69, 9.17) is 16.3 Å². The van der Waals surface area contributed by atoms with Crippen molar-refractivity contribution in [2.24, 2.45) is 5.92 Å². The highest BCUT2D eigenvalue weighted by Gasteiger charge is 2.49. The zero-order chi connectivity index (χ0) is 6.27. The molecule has 4 heteroatoms. The first-order valence-corrected chi connectivity index (χ1v) is 3.78. The van der Waals surface area contributed by atoms with E-state index in [0.29, 0.717) is 17.3 Å². The second-order valence-corrected chi connectivity index (χ2v) is 3.17. The van der Waals surface area contributed by atoms with Crippen LogP contribution in [-0.2, 0) is 4.74 Å². The molecule has 0 bridgehead atoms. The first-order valence-electron chi connectivity index (χ1n) is 3.35. The summed E-state index contributed by atoms with van der Waals surface area (Å²) in [7, 11) is 0. The zero-order valence-electron chi connectivity index (χ0n) is 5.55. The number of nitrogens with one attached hydrogen (secondary N) is 1. The summed E-state index contributed by atoms with van der Waals surface area (Å²) in [6, 6.07) is 0.550. The number of hydrogen-bond donors (Lipinski definition) is 1. The summed E-state index contributed by atoms with van der Waals surface area (Å²) in [4.78, 5) is 0. The van der Waals surface area contributed by atoms with Gasteiger partial charge >= 0.3 is 0 Å². The Bertz CT molecular complexity index is 112. The second-order valence-electron chi connectivity index (χ2n) is 2.66. The van der Waals surface area contributed by atoms with Crippen LogP contribution in [0.4, 0.5) is 0 Å². The minimum absolute atomic E-state index is 0. The van der Waals surface area contributed by atoms with Crippen molar-refractivity contribution in [1.29, 1.82) is 0 Å². The fraction of sp³-hybridized carbons (Fsp3) is 1.00. The third-order valence-corrected chi connectivity index (χ3v) is 2.60. The molecule has 0 radical (unpaired) electrons. The third kappa shape index (κ3) is 1.47. The van der Waals surface area contributed by atoms with Crippen molar-refractivity contribution in [3.63, 3.8) is 0 Å². The van der Waals surface area contributed by atoms with Crippen molar-refractivity contribution in [2.45, 2.75) is 11.4 Å². The number of fused-ring (bicyclic) bond motifs is 1. The van der Waals surface area contributed by atoms with E-state index in [9.17, 15) is 0 Å². The predicted molar refractivity (Wildman–Crippen MR) is 46.1 cm³/mol. The van der Waals surface area contributed by atoms with E-state index >= 15 is 0 Å². The number of ether oxygens (including phenoxy) is 1. The molecule has 0 amide bonds. The lowest BCUT2D eigenvalue weighted by atomic mass is 10.4. The number of halogens is 2. The number of alkyl halides is 1. The van der Waals surface area contributed by atoms with Gasteiger partial charge in [0, 0.05) is 18.5 Å². The monoisotopic (exact) mass is 227 g/mol. The molecule has 1 N–H and O–H groups in total. The van der Waals surface area contributed by atoms with Crippen molar-refractivity contribution in [1.82, 2.24) is 5.32 Å². The lowest BCUT2D eigenvalue weighted by Gasteiger charge is -1.98. The molecule has 1 heterocycles. The van der Waals surface area contributed by atoms with Gasteiger partial charge in [0.05, 0.1) is 18.6 Å². The average molecular weight is 229 g/mol. The summed E-state index contributed by atoms with van der Waals surface area (Å²) in [5, 5.41) is 3.65. The van der Waals surface area contributed by atoms with Gasteiger partial charge in [-0.05, 0) is 0 Å². The van der Waals surface area contributed by atoms with Gasteiger partial charge in [-0.1, -0.05) is 0 Å². The molecular formula is C6H11BrClNO. The van der Waals surface area contributed by atoms with Gasteiger partial charge in [0.15, 0.2) is 0 Å². The Kier molecular flexibility index (Phi) is 2.98. The van der Waals surface area contributed by atoms with E-state index in [-0.39, 0.29) is 17.0 Å². The summed E-state index contributed by atoms with van der Waals surface area (Å²) < 4.78 is 5.27. The molecule has 0 aromatic carbocycles. The third-order valence-electron chi connectivity index (χ3n) is 2.01. The molecule has 2 fully saturated rings. The summed E-state index contributed by atoms with van der Waals surface area (Å²) in [6.07, 6.45) is 0. The quantitative estimate of drug-likeness (QED) is 0.619. The molecule has 10 heavy (non-hydrogen) atoms. The van der Waals surface area contributed by atoms with Crippen molar-refractivity contribution >= 4 is 28.6 Å². The van der Waals surface area contributed by atoms with E-state index < -0.39 is 0 Å². The molecular weight excluding hydrogens is 217 g/mol. The molecule has 60 valence electrons. The van der Waals surface area contributed by atoms with Crippen LogP contribution in [0.2, 0.25) is 0 Å². The molecule has 1 saturated heterocycles. The molecule has 2 rings (SSSR count). The Labute approximate surface area is 76.0 Å². The van der Waals surface area contributed by atoms with E-state index in [0.717, 1.165) is 19.8 Å². The van der Waals surface area contributed by atoms with E-state index in [2.05, 4.69) is 5.32 Å². The first-order chi connectivity index (χ1) is 4.39. The Balaban J connectivity index is 0.000000500. The molecule has 2 nitrogen and oxygen atoms in total. The lowest BCUT2D eigenvalue weighted by molar-refractivity contribution is 0.138. The van der Waals surface area contributed by atoms with Crippen molar-refractivity contribution < 1.29 is 4.74 Å². The molecule has 0 aromatic rings. The van der Waals surface area contributed by atoms with Gasteiger partial charge in [-0.2, -0.15) is 0 Å². The maximum atomic E-state index is 5.89. The molecule has 3 atom stereocenters. The second kappa shape index (κ2) is 3.39. The summed E-state index contributed by atoms with van der Waals surface area (Å²) in [5.41, 5.74) is 0. The van der Waals surface area contributed by atoms with Crippen LogP contribution in [0.5, 0.6) is 0 Å². The largest absolute Gasteiger partial charge is 0.380 e. The van der Waals surface area contributed by atoms with Crippen LogP contribution in [0.1, 0.15) is 0 Å². The Morgan fingerprint density at radius 1 is 1.50 bits per heavy atom. The minimum Gasteiger partial charge on any atom is -0.380 e. The standard InChI is InChI=1S/C6H10ClNO.BrH/c7-5-4-3-9-2-1-8-6(4)5;/h4-6,8H,1-3H2;1H. The Morgan fingerprint density at radius 2 is 2.30 bits per heavy atom. The Hall–Kier alpha value is 0.690. The molecule has 3 unspecified atom stereocenters. The number of rotatable bonds is 0. The van der Waals surface area contributed by atoms with E-state index in [1.165, 1.54) is 0 Å². The van der Waals surface area contributed by atoms with Crippen LogP contribution >= 0.6 is 28.6 Å². The van der Waals surface area contributed by atoms with Gasteiger partial charge in [0.1, 0.15) is 0 Å². The van der Waals surface area contributed by atoms with Crippen LogP contribution in [0, 0.1) is 5.92 Å². The topological polar surface area (TPSA) is 21.3 Å². The summed E-state index contributed by atoms with van der Waals surface area (Å²) in [5.74, 6) is 0.592. The minimum atomic E-state index is 0. The van der Waals surface area contributed by atoms with Crippen LogP contribution in [-0.4, -0.2) is 31.2 Å². The zero-order valence-corrected chi connectivity index (χ0v) is 8.02. The molecule has 1 aliphatic heterocycles. The normalized spacial score (nSPS) is 44.7. The fourth-order valence-corrected chi connectivity index (χ4v) is 1.73. The highest BCUT2D eigenvalue weighted by atomic mass is 79.9. The highest BCUT2D eigenvalue weighted by Crippen LogP contribution is 2.37. The predicted octanol–water partition coefficient (Wildman–Crippen LogP) is 0.790. The molecule has 0 aromatic heterocycles. The van der Waals surface area contributed by atoms with Gasteiger partial charge in [-0.3, -0.25) is 0 Å². The van der Waals surface area contributed by atoms with E-state index in [1.54, 1.807) is 0 Å². The van der Waals surface area contributed by atoms with Gasteiger partial charge in [0.25, 0.3) is 0 Å². The fourth-order valence-electron chi connectivity index (χ4n) is 1.31. The summed E-state index contributed by atoms with van der Waals surface area (Å²) in [6.45, 7) is 2.66. The summed E-state index contributed by atoms with van der Waals surface area (Å²) >= 11 is 5.89. The Morgan fingerprint density at radius 3 is 3.10 bits per heavy atom. The van der Waals surface area contributed by atoms with Crippen LogP contribution in [0.15, 0.2) is 0 Å². The van der Waals surface area contributed by atoms with E-state index in [1.807, 2.05) is 0 Å². The van der Waals surface area contributed by atoms with Gasteiger partial charge in [0.2, 0.25) is 0 Å². The average Bonchev–Trinajstić information content (AvgIpc) is 2.51. The molecule has 2 aliphatic rings. The van der Waals surface area contributed by atoms with Crippen LogP contribution < -0.4 is 5.32 Å². The van der Waals surface area contributed by atoms with Crippen molar-refractivity contribution in [2.75, 3.05) is 19.8 Å². The lowest BCUT2D eigenvalue weighted by Crippen LogP contribution is -2.21. The van der Waals surface area contributed by atoms with Crippen molar-refractivity contribution in [3.05, 3.63) is 0 Å².